The molecule has 3 amide bonds. The number of benzene rings is 2. The second-order valence-electron chi connectivity index (χ2n) is 8.99. The van der Waals surface area contributed by atoms with Gasteiger partial charge >= 0.3 is 12.1 Å². The molecule has 206 valence electrons. The number of carbonyl (C=O) groups excluding carboxylic acids is 4. The maximum absolute atomic E-state index is 13.8. The van der Waals surface area contributed by atoms with Gasteiger partial charge < -0.3 is 14.8 Å². The SMILES string of the molecule is CCOC(=O)NC1=C(C(=O)OC(c2ccccc2)c2ccccc2)N2C(=O)C(NC(=O)Cc3cccs3)[C@H]2SC1. The Morgan fingerprint density at radius 3 is 2.27 bits per heavy atom. The van der Waals surface area contributed by atoms with E-state index in [-0.39, 0.29) is 36.1 Å². The molecule has 2 N–H and O–H groups in total. The Bertz CT molecular complexity index is 1370. The average Bonchev–Trinajstić information content (AvgIpc) is 3.48. The maximum Gasteiger partial charge on any atom is 0.411 e. The number of carbonyl (C=O) groups is 4. The largest absolute Gasteiger partial charge is 0.450 e. The summed E-state index contributed by atoms with van der Waals surface area (Å²) in [6, 6.07) is 21.5. The van der Waals surface area contributed by atoms with E-state index in [2.05, 4.69) is 10.6 Å². The number of β-lactam (4-membered cyclic amide) rings is 1. The third-order valence-corrected chi connectivity index (χ3v) is 8.51. The van der Waals surface area contributed by atoms with Gasteiger partial charge in [0.15, 0.2) is 11.8 Å². The van der Waals surface area contributed by atoms with Crippen LogP contribution in [-0.4, -0.2) is 52.6 Å². The van der Waals surface area contributed by atoms with Gasteiger partial charge in [0.1, 0.15) is 11.4 Å². The minimum absolute atomic E-state index is 0.0672. The second-order valence-corrected chi connectivity index (χ2v) is 11.1. The van der Waals surface area contributed by atoms with Crippen molar-refractivity contribution in [3.8, 4) is 0 Å². The second kappa shape index (κ2) is 12.4. The number of esters is 1. The molecular formula is C29H27N3O6S2. The van der Waals surface area contributed by atoms with Crippen LogP contribution >= 0.6 is 23.1 Å². The van der Waals surface area contributed by atoms with E-state index in [1.165, 1.54) is 28.0 Å². The van der Waals surface area contributed by atoms with Crippen LogP contribution in [0.1, 0.15) is 29.0 Å². The molecule has 5 rings (SSSR count). The van der Waals surface area contributed by atoms with Gasteiger partial charge in [0.05, 0.1) is 18.7 Å². The van der Waals surface area contributed by atoms with Crippen LogP contribution < -0.4 is 10.6 Å². The van der Waals surface area contributed by atoms with E-state index < -0.39 is 35.5 Å². The molecule has 0 aliphatic carbocycles. The van der Waals surface area contributed by atoms with Crippen LogP contribution in [0.15, 0.2) is 89.6 Å². The molecule has 1 aromatic heterocycles. The minimum Gasteiger partial charge on any atom is -0.450 e. The summed E-state index contributed by atoms with van der Waals surface area (Å²) in [4.78, 5) is 54.3. The lowest BCUT2D eigenvalue weighted by molar-refractivity contribution is -0.154. The summed E-state index contributed by atoms with van der Waals surface area (Å²) in [7, 11) is 0. The van der Waals surface area contributed by atoms with E-state index in [1.807, 2.05) is 78.2 Å². The molecule has 1 saturated heterocycles. The molecule has 0 spiro atoms. The van der Waals surface area contributed by atoms with Gasteiger partial charge in [-0.05, 0) is 29.5 Å². The number of nitrogens with one attached hydrogen (secondary N) is 2. The first kappa shape index (κ1) is 27.5. The smallest absolute Gasteiger partial charge is 0.411 e. The van der Waals surface area contributed by atoms with Crippen molar-refractivity contribution in [2.24, 2.45) is 0 Å². The van der Waals surface area contributed by atoms with Gasteiger partial charge in [-0.15, -0.1) is 23.1 Å². The number of hydrogen-bond acceptors (Lipinski definition) is 8. The third-order valence-electron chi connectivity index (χ3n) is 6.35. The molecular weight excluding hydrogens is 550 g/mol. The summed E-state index contributed by atoms with van der Waals surface area (Å²) < 4.78 is 11.1. The van der Waals surface area contributed by atoms with Crippen molar-refractivity contribution in [3.63, 3.8) is 0 Å². The van der Waals surface area contributed by atoms with Gasteiger partial charge in [0, 0.05) is 10.6 Å². The Kier molecular flexibility index (Phi) is 8.51. The molecule has 1 unspecified atom stereocenters. The number of thioether (sulfide) groups is 1. The van der Waals surface area contributed by atoms with E-state index in [1.54, 1.807) is 6.92 Å². The van der Waals surface area contributed by atoms with Crippen molar-refractivity contribution in [1.29, 1.82) is 0 Å². The first-order chi connectivity index (χ1) is 19.5. The lowest BCUT2D eigenvalue weighted by Gasteiger charge is -2.49. The summed E-state index contributed by atoms with van der Waals surface area (Å²) in [6.45, 7) is 1.81. The zero-order valence-corrected chi connectivity index (χ0v) is 23.2. The fourth-order valence-electron chi connectivity index (χ4n) is 4.54. The van der Waals surface area contributed by atoms with Gasteiger partial charge in [-0.3, -0.25) is 19.8 Å². The van der Waals surface area contributed by atoms with E-state index in [0.29, 0.717) is 0 Å². The van der Waals surface area contributed by atoms with Gasteiger partial charge in [0.2, 0.25) is 5.91 Å². The summed E-state index contributed by atoms with van der Waals surface area (Å²) in [5.41, 5.74) is 1.64. The highest BCUT2D eigenvalue weighted by molar-refractivity contribution is 8.00. The number of rotatable bonds is 9. The number of alkyl carbamates (subject to hydrolysis) is 1. The monoisotopic (exact) mass is 577 g/mol. The zero-order chi connectivity index (χ0) is 28.1. The molecule has 3 aromatic rings. The van der Waals surface area contributed by atoms with Crippen LogP contribution in [0.4, 0.5) is 4.79 Å². The normalized spacial score (nSPS) is 18.1. The van der Waals surface area contributed by atoms with Gasteiger partial charge in [-0.25, -0.2) is 9.59 Å². The minimum atomic E-state index is -0.802. The molecule has 9 nitrogen and oxygen atoms in total. The van der Waals surface area contributed by atoms with Crippen LogP contribution in [0, 0.1) is 0 Å². The summed E-state index contributed by atoms with van der Waals surface area (Å²) in [5.74, 6) is -1.30. The Hall–Kier alpha value is -4.09. The number of nitrogens with zero attached hydrogens (tertiary/aromatic N) is 1. The van der Waals surface area contributed by atoms with Crippen molar-refractivity contribution >= 4 is 47.0 Å². The average molecular weight is 578 g/mol. The highest BCUT2D eigenvalue weighted by atomic mass is 32.2. The highest BCUT2D eigenvalue weighted by Gasteiger charge is 2.55. The number of fused-ring (bicyclic) bond motifs is 1. The van der Waals surface area contributed by atoms with Crippen LogP contribution in [0.25, 0.3) is 0 Å². The lowest BCUT2D eigenvalue weighted by atomic mass is 10.0. The first-order valence-electron chi connectivity index (χ1n) is 12.7. The quantitative estimate of drug-likeness (QED) is 0.292. The van der Waals surface area contributed by atoms with Crippen molar-refractivity contribution in [2.75, 3.05) is 12.4 Å². The molecule has 2 aromatic carbocycles. The fourth-order valence-corrected chi connectivity index (χ4v) is 6.52. The number of ether oxygens (including phenoxy) is 2. The van der Waals surface area contributed by atoms with Crippen molar-refractivity contribution in [3.05, 3.63) is 106 Å². The van der Waals surface area contributed by atoms with Crippen LogP contribution in [0.2, 0.25) is 0 Å². The number of thiophene rings is 1. The van der Waals surface area contributed by atoms with Gasteiger partial charge in [-0.2, -0.15) is 0 Å². The number of hydrogen-bond donors (Lipinski definition) is 2. The van der Waals surface area contributed by atoms with E-state index in [9.17, 15) is 19.2 Å². The highest BCUT2D eigenvalue weighted by Crippen LogP contribution is 2.41. The van der Waals surface area contributed by atoms with E-state index in [0.717, 1.165) is 16.0 Å². The molecule has 2 aliphatic rings. The van der Waals surface area contributed by atoms with Crippen molar-refractivity contribution in [2.45, 2.75) is 30.9 Å². The van der Waals surface area contributed by atoms with Crippen LogP contribution in [0.5, 0.6) is 0 Å². The van der Waals surface area contributed by atoms with E-state index in [4.69, 9.17) is 9.47 Å². The zero-order valence-electron chi connectivity index (χ0n) is 21.6. The molecule has 3 heterocycles. The van der Waals surface area contributed by atoms with Crippen LogP contribution in [-0.2, 0) is 30.3 Å². The third kappa shape index (κ3) is 5.90. The van der Waals surface area contributed by atoms with Crippen LogP contribution in [0.3, 0.4) is 0 Å². The Labute approximate surface area is 239 Å². The fraction of sp³-hybridized carbons (Fsp3) is 0.241. The molecule has 0 saturated carbocycles. The molecule has 1 fully saturated rings. The molecule has 2 aliphatic heterocycles. The Balaban J connectivity index is 1.41. The maximum atomic E-state index is 13.8. The molecule has 2 atom stereocenters. The Morgan fingerprint density at radius 2 is 1.68 bits per heavy atom. The molecule has 0 radical (unpaired) electrons. The molecule has 0 bridgehead atoms. The van der Waals surface area contributed by atoms with E-state index >= 15 is 0 Å². The summed E-state index contributed by atoms with van der Waals surface area (Å²) in [5, 5.41) is 6.77. The topological polar surface area (TPSA) is 114 Å². The molecule has 11 heteroatoms. The van der Waals surface area contributed by atoms with Gasteiger partial charge in [0.25, 0.3) is 5.91 Å². The summed E-state index contributed by atoms with van der Waals surface area (Å²) >= 11 is 2.79. The standard InChI is InChI=1S/C29H27N3O6S2/c1-2-37-29(36)30-21-17-40-27-23(31-22(33)16-20-14-9-15-39-20)26(34)32(27)24(21)28(35)38-25(18-10-5-3-6-11-18)19-12-7-4-8-13-19/h3-15,23,25,27H,2,16-17H2,1H3,(H,30,36)(H,31,33)/t23?,27-/m1/s1. The first-order valence-corrected chi connectivity index (χ1v) is 14.6. The Morgan fingerprint density at radius 1 is 1.00 bits per heavy atom. The lowest BCUT2D eigenvalue weighted by Crippen LogP contribution is -2.71. The summed E-state index contributed by atoms with van der Waals surface area (Å²) in [6.07, 6.45) is -1.33. The van der Waals surface area contributed by atoms with Crippen molar-refractivity contribution < 1.29 is 28.7 Å². The van der Waals surface area contributed by atoms with Crippen molar-refractivity contribution in [1.82, 2.24) is 15.5 Å². The predicted octanol–water partition coefficient (Wildman–Crippen LogP) is 3.98. The predicted molar refractivity (Wildman–Crippen MR) is 151 cm³/mol. The number of amides is 3. The van der Waals surface area contributed by atoms with Gasteiger partial charge in [-0.1, -0.05) is 66.7 Å². The molecule has 40 heavy (non-hydrogen) atoms.